The Morgan fingerprint density at radius 1 is 1.04 bits per heavy atom. The third-order valence-electron chi connectivity index (χ3n) is 4.22. The number of nitrogens with one attached hydrogen (secondary N) is 1. The molecule has 3 rings (SSSR count). The lowest BCUT2D eigenvalue weighted by Gasteiger charge is -2.30. The van der Waals surface area contributed by atoms with E-state index in [2.05, 4.69) is 34.2 Å². The molecule has 1 heterocycles. The molecule has 0 bridgehead atoms. The molecule has 5 heteroatoms. The number of ether oxygens (including phenoxy) is 2. The van der Waals surface area contributed by atoms with Gasteiger partial charge in [-0.15, -0.1) is 0 Å². The zero-order valence-corrected chi connectivity index (χ0v) is 15.6. The second-order valence-corrected chi connectivity index (χ2v) is 6.54. The first-order valence-electron chi connectivity index (χ1n) is 9.02. The van der Waals surface area contributed by atoms with Crippen LogP contribution in [0.2, 0.25) is 0 Å². The van der Waals surface area contributed by atoms with Crippen LogP contribution in [0.5, 0.6) is 11.5 Å². The molecule has 0 saturated heterocycles. The predicted octanol–water partition coefficient (Wildman–Crippen LogP) is 2.47. The van der Waals surface area contributed by atoms with Crippen LogP contribution in [0.1, 0.15) is 12.5 Å². The first kappa shape index (κ1) is 18.8. The van der Waals surface area contributed by atoms with Crippen molar-refractivity contribution in [3.8, 4) is 23.3 Å². The lowest BCUT2D eigenvalue weighted by molar-refractivity contribution is -0.133. The maximum atomic E-state index is 12.4. The van der Waals surface area contributed by atoms with E-state index >= 15 is 0 Å². The summed E-state index contributed by atoms with van der Waals surface area (Å²) in [5, 5.41) is 2.80. The monoisotopic (exact) mass is 364 g/mol. The van der Waals surface area contributed by atoms with E-state index in [1.165, 1.54) is 5.56 Å². The fourth-order valence-electron chi connectivity index (χ4n) is 2.84. The van der Waals surface area contributed by atoms with Gasteiger partial charge in [-0.3, -0.25) is 9.69 Å². The Morgan fingerprint density at radius 3 is 2.44 bits per heavy atom. The van der Waals surface area contributed by atoms with Crippen molar-refractivity contribution < 1.29 is 14.3 Å². The number of benzene rings is 2. The molecule has 5 nitrogen and oxygen atoms in total. The van der Waals surface area contributed by atoms with Gasteiger partial charge < -0.3 is 14.8 Å². The van der Waals surface area contributed by atoms with Crippen LogP contribution >= 0.6 is 0 Å². The van der Waals surface area contributed by atoms with Crippen LogP contribution in [-0.4, -0.2) is 43.2 Å². The van der Waals surface area contributed by atoms with E-state index in [0.717, 1.165) is 6.54 Å². The van der Waals surface area contributed by atoms with Gasteiger partial charge in [0.15, 0.2) is 11.5 Å². The van der Waals surface area contributed by atoms with Crippen molar-refractivity contribution in [2.45, 2.75) is 25.7 Å². The molecule has 1 aliphatic heterocycles. The molecule has 2 aromatic rings. The first-order chi connectivity index (χ1) is 13.1. The van der Waals surface area contributed by atoms with Gasteiger partial charge in [0.05, 0.1) is 13.1 Å². The summed E-state index contributed by atoms with van der Waals surface area (Å²) in [6.45, 7) is 3.58. The Bertz CT molecular complexity index is 826. The Balaban J connectivity index is 1.43. The Labute approximate surface area is 160 Å². The number of fused-ring (bicyclic) bond motifs is 1. The maximum absolute atomic E-state index is 12.4. The summed E-state index contributed by atoms with van der Waals surface area (Å²) in [4.78, 5) is 14.5. The number of hydrogen-bond acceptors (Lipinski definition) is 4. The van der Waals surface area contributed by atoms with Crippen molar-refractivity contribution >= 4 is 5.91 Å². The van der Waals surface area contributed by atoms with Crippen LogP contribution in [-0.2, 0) is 11.3 Å². The molecule has 0 spiro atoms. The highest BCUT2D eigenvalue weighted by Gasteiger charge is 2.33. The van der Waals surface area contributed by atoms with Crippen LogP contribution in [0.25, 0.3) is 0 Å². The average Bonchev–Trinajstić information content (AvgIpc) is 2.67. The van der Waals surface area contributed by atoms with Crippen LogP contribution in [0.15, 0.2) is 54.6 Å². The fraction of sp³-hybridized carbons (Fsp3) is 0.318. The van der Waals surface area contributed by atoms with Gasteiger partial charge in [-0.1, -0.05) is 54.3 Å². The summed E-state index contributed by atoms with van der Waals surface area (Å²) in [6, 6.07) is 17.6. The highest BCUT2D eigenvalue weighted by atomic mass is 16.6. The number of amides is 1. The van der Waals surface area contributed by atoms with Crippen molar-refractivity contribution in [1.82, 2.24) is 10.2 Å². The lowest BCUT2D eigenvalue weighted by Crippen LogP contribution is -2.49. The number of carbonyl (C=O) groups is 1. The number of para-hydroxylation sites is 2. The lowest BCUT2D eigenvalue weighted by atomic mass is 10.1. The van der Waals surface area contributed by atoms with E-state index in [1.807, 2.05) is 50.4 Å². The quantitative estimate of drug-likeness (QED) is 0.828. The van der Waals surface area contributed by atoms with E-state index in [1.54, 1.807) is 6.07 Å². The normalized spacial score (nSPS) is 17.7. The predicted molar refractivity (Wildman–Crippen MR) is 105 cm³/mol. The van der Waals surface area contributed by atoms with Crippen molar-refractivity contribution in [2.24, 2.45) is 0 Å². The number of rotatable bonds is 5. The Kier molecular flexibility index (Phi) is 6.35. The topological polar surface area (TPSA) is 50.8 Å². The van der Waals surface area contributed by atoms with Gasteiger partial charge >= 0.3 is 0 Å². The summed E-state index contributed by atoms with van der Waals surface area (Å²) in [5.41, 5.74) is 1.25. The fourth-order valence-corrected chi connectivity index (χ4v) is 2.84. The van der Waals surface area contributed by atoms with Crippen LogP contribution in [0.3, 0.4) is 0 Å². The van der Waals surface area contributed by atoms with E-state index in [-0.39, 0.29) is 18.6 Å². The molecule has 2 atom stereocenters. The van der Waals surface area contributed by atoms with Crippen molar-refractivity contribution in [1.29, 1.82) is 0 Å². The summed E-state index contributed by atoms with van der Waals surface area (Å²) in [5.74, 6) is 7.10. The third-order valence-corrected chi connectivity index (χ3v) is 4.22. The van der Waals surface area contributed by atoms with E-state index in [0.29, 0.717) is 18.0 Å². The molecule has 0 saturated carbocycles. The van der Waals surface area contributed by atoms with Gasteiger partial charge in [-0.25, -0.2) is 0 Å². The molecule has 27 heavy (non-hydrogen) atoms. The standard InChI is InChI=1S/C22H24N2O3/c1-17-21(27-20-13-7-6-12-19(20)26-17)22(25)23-14-8-9-15-24(2)16-18-10-4-3-5-11-18/h3-7,10-13,17,21H,14-16H2,1-2H3,(H,23,25)/t17-,21+/m1/s1. The zero-order chi connectivity index (χ0) is 19.1. The molecule has 140 valence electrons. The zero-order valence-electron chi connectivity index (χ0n) is 15.6. The maximum Gasteiger partial charge on any atom is 0.265 e. The summed E-state index contributed by atoms with van der Waals surface area (Å²) in [7, 11) is 2.02. The summed E-state index contributed by atoms with van der Waals surface area (Å²) < 4.78 is 11.5. The second kappa shape index (κ2) is 9.11. The van der Waals surface area contributed by atoms with Gasteiger partial charge in [0.2, 0.25) is 6.10 Å². The van der Waals surface area contributed by atoms with Gasteiger partial charge in [-0.05, 0) is 31.7 Å². The number of carbonyl (C=O) groups excluding carboxylic acids is 1. The Hall–Kier alpha value is -2.97. The molecular weight excluding hydrogens is 340 g/mol. The minimum atomic E-state index is -0.678. The molecule has 0 aromatic heterocycles. The van der Waals surface area contributed by atoms with Crippen LogP contribution in [0.4, 0.5) is 0 Å². The minimum Gasteiger partial charge on any atom is -0.482 e. The minimum absolute atomic E-state index is 0.219. The molecule has 1 aliphatic rings. The van der Waals surface area contributed by atoms with Crippen molar-refractivity contribution in [2.75, 3.05) is 20.1 Å². The van der Waals surface area contributed by atoms with Crippen LogP contribution < -0.4 is 14.8 Å². The van der Waals surface area contributed by atoms with E-state index in [4.69, 9.17) is 9.47 Å². The molecule has 2 aromatic carbocycles. The summed E-state index contributed by atoms with van der Waals surface area (Å²) >= 11 is 0. The number of hydrogen-bond donors (Lipinski definition) is 1. The molecule has 0 fully saturated rings. The highest BCUT2D eigenvalue weighted by Crippen LogP contribution is 2.33. The van der Waals surface area contributed by atoms with E-state index in [9.17, 15) is 4.79 Å². The molecule has 0 unspecified atom stereocenters. The van der Waals surface area contributed by atoms with Gasteiger partial charge in [0, 0.05) is 6.54 Å². The van der Waals surface area contributed by atoms with E-state index < -0.39 is 6.10 Å². The smallest absolute Gasteiger partial charge is 0.265 e. The first-order valence-corrected chi connectivity index (χ1v) is 9.02. The largest absolute Gasteiger partial charge is 0.482 e. The molecular formula is C22H24N2O3. The SMILES string of the molecule is C[C@H]1Oc2ccccc2O[C@@H]1C(=O)NCC#CCN(C)Cc1ccccc1. The average molecular weight is 364 g/mol. The number of nitrogens with zero attached hydrogens (tertiary/aromatic N) is 1. The van der Waals surface area contributed by atoms with Crippen molar-refractivity contribution in [3.63, 3.8) is 0 Å². The highest BCUT2D eigenvalue weighted by molar-refractivity contribution is 5.82. The molecule has 0 aliphatic carbocycles. The summed E-state index contributed by atoms with van der Waals surface area (Å²) in [6.07, 6.45) is -1.03. The van der Waals surface area contributed by atoms with Gasteiger partial charge in [0.25, 0.3) is 5.91 Å². The molecule has 1 N–H and O–H groups in total. The molecule has 0 radical (unpaired) electrons. The van der Waals surface area contributed by atoms with Crippen molar-refractivity contribution in [3.05, 3.63) is 60.2 Å². The van der Waals surface area contributed by atoms with Gasteiger partial charge in [0.1, 0.15) is 6.10 Å². The third kappa shape index (κ3) is 5.25. The van der Waals surface area contributed by atoms with Gasteiger partial charge in [-0.2, -0.15) is 0 Å². The second-order valence-electron chi connectivity index (χ2n) is 6.54. The Morgan fingerprint density at radius 2 is 1.70 bits per heavy atom. The van der Waals surface area contributed by atoms with Crippen LogP contribution in [0, 0.1) is 11.8 Å². The molecule has 1 amide bonds.